The number of unbranched alkanes of at least 4 members (excludes halogenated alkanes) is 2. The lowest BCUT2D eigenvalue weighted by atomic mass is 10.1. The van der Waals surface area contributed by atoms with Crippen molar-refractivity contribution in [3.63, 3.8) is 0 Å². The lowest BCUT2D eigenvalue weighted by molar-refractivity contribution is -0.139. The molecule has 0 radical (unpaired) electrons. The number of nitrogens with two attached hydrogens (primary N) is 1. The minimum atomic E-state index is -0.773. The normalized spacial score (nSPS) is 12.8. The van der Waals surface area contributed by atoms with Crippen LogP contribution >= 0.6 is 0 Å². The summed E-state index contributed by atoms with van der Waals surface area (Å²) in [6.45, 7) is 0.692. The Labute approximate surface area is 73.1 Å². The summed E-state index contributed by atoms with van der Waals surface area (Å²) in [4.78, 5) is 10.5. The van der Waals surface area contributed by atoms with Crippen molar-refractivity contribution in [2.45, 2.75) is 31.7 Å². The molecule has 0 aliphatic heterocycles. The van der Waals surface area contributed by atoms with Gasteiger partial charge in [-0.15, -0.1) is 0 Å². The van der Waals surface area contributed by atoms with Gasteiger partial charge < -0.3 is 16.2 Å². The fourth-order valence-corrected chi connectivity index (χ4v) is 1.06. The molecule has 0 heterocycles. The molecular weight excluding hydrogens is 156 g/mol. The van der Waals surface area contributed by atoms with Crippen LogP contribution in [0.3, 0.4) is 0 Å². The van der Waals surface area contributed by atoms with Gasteiger partial charge in [0.1, 0.15) is 6.04 Å². The van der Waals surface area contributed by atoms with Crippen molar-refractivity contribution in [3.05, 3.63) is 0 Å². The number of likely N-dealkylation sites (N-methyl/N-ethyl adjacent to an activating group) is 1. The van der Waals surface area contributed by atoms with Crippen LogP contribution < -0.4 is 11.1 Å². The fourth-order valence-electron chi connectivity index (χ4n) is 1.06. The van der Waals surface area contributed by atoms with E-state index in [-0.39, 0.29) is 0 Å². The second kappa shape index (κ2) is 7.06. The van der Waals surface area contributed by atoms with Crippen molar-refractivity contribution < 1.29 is 9.90 Å². The molecule has 0 fully saturated rings. The first kappa shape index (κ1) is 11.4. The van der Waals surface area contributed by atoms with Crippen LogP contribution in [-0.2, 0) is 4.79 Å². The third kappa shape index (κ3) is 5.09. The quantitative estimate of drug-likeness (QED) is 0.481. The maximum Gasteiger partial charge on any atom is 0.320 e. The Morgan fingerprint density at radius 1 is 1.50 bits per heavy atom. The number of aliphatic carboxylic acids is 1. The summed E-state index contributed by atoms with van der Waals surface area (Å²) in [7, 11) is 1.67. The van der Waals surface area contributed by atoms with E-state index >= 15 is 0 Å². The predicted octanol–water partition coefficient (Wildman–Crippen LogP) is 0.178. The summed E-state index contributed by atoms with van der Waals surface area (Å²) in [6.07, 6.45) is 3.61. The van der Waals surface area contributed by atoms with Crippen LogP contribution in [0.1, 0.15) is 25.7 Å². The van der Waals surface area contributed by atoms with Gasteiger partial charge >= 0.3 is 5.97 Å². The number of hydrogen-bond acceptors (Lipinski definition) is 3. The number of carboxylic acid groups (broad SMARTS) is 1. The van der Waals surface area contributed by atoms with Gasteiger partial charge in [-0.2, -0.15) is 0 Å². The van der Waals surface area contributed by atoms with E-state index < -0.39 is 12.0 Å². The highest BCUT2D eigenvalue weighted by molar-refractivity contribution is 5.73. The van der Waals surface area contributed by atoms with Crippen LogP contribution in [0.25, 0.3) is 0 Å². The maximum absolute atomic E-state index is 10.5. The van der Waals surface area contributed by atoms with Gasteiger partial charge in [0.15, 0.2) is 0 Å². The van der Waals surface area contributed by atoms with Gasteiger partial charge in [0.05, 0.1) is 0 Å². The molecule has 4 nitrogen and oxygen atoms in total. The summed E-state index contributed by atoms with van der Waals surface area (Å²) in [6, 6.07) is -0.400. The van der Waals surface area contributed by atoms with E-state index in [4.69, 9.17) is 10.8 Å². The Balaban J connectivity index is 3.38. The Morgan fingerprint density at radius 3 is 2.58 bits per heavy atom. The zero-order valence-corrected chi connectivity index (χ0v) is 7.55. The van der Waals surface area contributed by atoms with Gasteiger partial charge in [-0.3, -0.25) is 4.79 Å². The summed E-state index contributed by atoms with van der Waals surface area (Å²) in [5.74, 6) is -0.773. The smallest absolute Gasteiger partial charge is 0.320 e. The number of nitrogens with one attached hydrogen (secondary N) is 1. The van der Waals surface area contributed by atoms with Crippen LogP contribution in [-0.4, -0.2) is 30.7 Å². The summed E-state index contributed by atoms with van der Waals surface area (Å²) in [5, 5.41) is 11.4. The SMILES string of the molecule is CNC(CCCCCN)C(=O)O. The number of rotatable bonds is 7. The molecule has 0 aliphatic carbocycles. The average molecular weight is 174 g/mol. The van der Waals surface area contributed by atoms with Crippen LogP contribution in [0.4, 0.5) is 0 Å². The Hall–Kier alpha value is -0.610. The average Bonchev–Trinajstić information content (AvgIpc) is 2.04. The third-order valence-electron chi connectivity index (χ3n) is 1.84. The molecule has 0 spiro atoms. The van der Waals surface area contributed by atoms with Crippen molar-refractivity contribution >= 4 is 5.97 Å². The molecule has 0 saturated heterocycles. The van der Waals surface area contributed by atoms with Crippen LogP contribution in [0.15, 0.2) is 0 Å². The Bertz CT molecular complexity index is 128. The topological polar surface area (TPSA) is 75.3 Å². The molecule has 72 valence electrons. The van der Waals surface area contributed by atoms with Gasteiger partial charge in [0, 0.05) is 0 Å². The highest BCUT2D eigenvalue weighted by atomic mass is 16.4. The van der Waals surface area contributed by atoms with E-state index in [2.05, 4.69) is 5.32 Å². The molecule has 1 unspecified atom stereocenters. The zero-order chi connectivity index (χ0) is 9.40. The standard InChI is InChI=1S/C8H18N2O2/c1-10-7(8(11)12)5-3-2-4-6-9/h7,10H,2-6,9H2,1H3,(H,11,12). The molecule has 0 aromatic carbocycles. The van der Waals surface area contributed by atoms with Crippen molar-refractivity contribution in [1.82, 2.24) is 5.32 Å². The van der Waals surface area contributed by atoms with E-state index in [1.165, 1.54) is 0 Å². The van der Waals surface area contributed by atoms with E-state index in [1.54, 1.807) is 7.05 Å². The van der Waals surface area contributed by atoms with Crippen LogP contribution in [0.2, 0.25) is 0 Å². The largest absolute Gasteiger partial charge is 0.480 e. The molecule has 4 N–H and O–H groups in total. The van der Waals surface area contributed by atoms with E-state index in [1.807, 2.05) is 0 Å². The van der Waals surface area contributed by atoms with Gasteiger partial charge in [-0.25, -0.2) is 0 Å². The maximum atomic E-state index is 10.5. The van der Waals surface area contributed by atoms with Gasteiger partial charge in [-0.1, -0.05) is 12.8 Å². The first-order valence-corrected chi connectivity index (χ1v) is 4.32. The predicted molar refractivity (Wildman–Crippen MR) is 48.0 cm³/mol. The van der Waals surface area contributed by atoms with Gasteiger partial charge in [0.2, 0.25) is 0 Å². The summed E-state index contributed by atoms with van der Waals surface area (Å²) in [5.41, 5.74) is 5.31. The molecule has 1 atom stereocenters. The number of carboxylic acids is 1. The highest BCUT2D eigenvalue weighted by Gasteiger charge is 2.12. The monoisotopic (exact) mass is 174 g/mol. The summed E-state index contributed by atoms with van der Waals surface area (Å²) >= 11 is 0. The third-order valence-corrected chi connectivity index (χ3v) is 1.84. The Kier molecular flexibility index (Phi) is 6.70. The summed E-state index contributed by atoms with van der Waals surface area (Å²) < 4.78 is 0. The first-order valence-electron chi connectivity index (χ1n) is 4.32. The van der Waals surface area contributed by atoms with Gasteiger partial charge in [-0.05, 0) is 26.4 Å². The first-order chi connectivity index (χ1) is 5.72. The molecule has 12 heavy (non-hydrogen) atoms. The molecule has 0 rings (SSSR count). The molecule has 0 aliphatic rings. The molecule has 4 heteroatoms. The second-order valence-corrected chi connectivity index (χ2v) is 2.82. The number of hydrogen-bond donors (Lipinski definition) is 3. The lowest BCUT2D eigenvalue weighted by Gasteiger charge is -2.09. The molecule has 0 bridgehead atoms. The van der Waals surface area contributed by atoms with Crippen molar-refractivity contribution in [2.24, 2.45) is 5.73 Å². The van der Waals surface area contributed by atoms with Crippen LogP contribution in [0.5, 0.6) is 0 Å². The van der Waals surface area contributed by atoms with E-state index in [0.29, 0.717) is 13.0 Å². The van der Waals surface area contributed by atoms with Crippen molar-refractivity contribution in [1.29, 1.82) is 0 Å². The second-order valence-electron chi connectivity index (χ2n) is 2.82. The molecule has 0 aromatic rings. The van der Waals surface area contributed by atoms with Gasteiger partial charge in [0.25, 0.3) is 0 Å². The minimum Gasteiger partial charge on any atom is -0.480 e. The zero-order valence-electron chi connectivity index (χ0n) is 7.55. The van der Waals surface area contributed by atoms with Crippen molar-refractivity contribution in [3.8, 4) is 0 Å². The molecular formula is C8H18N2O2. The molecule has 0 aromatic heterocycles. The lowest BCUT2D eigenvalue weighted by Crippen LogP contribution is -2.33. The fraction of sp³-hybridized carbons (Fsp3) is 0.875. The molecule has 0 saturated carbocycles. The minimum absolute atomic E-state index is 0.400. The highest BCUT2D eigenvalue weighted by Crippen LogP contribution is 2.02. The number of carbonyl (C=O) groups is 1. The Morgan fingerprint density at radius 2 is 2.17 bits per heavy atom. The van der Waals surface area contributed by atoms with Crippen LogP contribution in [0, 0.1) is 0 Å². The van der Waals surface area contributed by atoms with E-state index in [0.717, 1.165) is 19.3 Å². The van der Waals surface area contributed by atoms with Crippen molar-refractivity contribution in [2.75, 3.05) is 13.6 Å². The molecule has 0 amide bonds. The van der Waals surface area contributed by atoms with E-state index in [9.17, 15) is 4.79 Å².